The highest BCUT2D eigenvalue weighted by molar-refractivity contribution is 6.04. The van der Waals surface area contributed by atoms with Crippen LogP contribution < -0.4 is 16.4 Å². The Balaban J connectivity index is 0.00000280. The molecule has 2 bridgehead atoms. The molecular weight excluding hydrogens is 509 g/mol. The molecule has 1 saturated carbocycles. The van der Waals surface area contributed by atoms with Crippen molar-refractivity contribution in [1.82, 2.24) is 30.0 Å². The fourth-order valence-electron chi connectivity index (χ4n) is 5.15. The zero-order valence-electron chi connectivity index (χ0n) is 19.2. The highest BCUT2D eigenvalue weighted by Crippen LogP contribution is 2.42. The number of benzene rings is 1. The summed E-state index contributed by atoms with van der Waals surface area (Å²) >= 11 is 0. The lowest BCUT2D eigenvalue weighted by molar-refractivity contribution is -0.141. The van der Waals surface area contributed by atoms with Crippen molar-refractivity contribution in [3.05, 3.63) is 60.0 Å². The number of carbonyl (C=O) groups is 1. The Hall–Kier alpha value is -3.77. The van der Waals surface area contributed by atoms with Gasteiger partial charge in [-0.3, -0.25) is 4.79 Å². The van der Waals surface area contributed by atoms with Crippen LogP contribution in [-0.2, 0) is 6.18 Å². The topological polar surface area (TPSA) is 124 Å². The average molecular weight is 531 g/mol. The number of pyridine rings is 1. The van der Waals surface area contributed by atoms with E-state index in [1.165, 1.54) is 18.5 Å². The number of piperidine rings is 1. The van der Waals surface area contributed by atoms with Crippen molar-refractivity contribution in [3.8, 4) is 11.3 Å². The summed E-state index contributed by atoms with van der Waals surface area (Å²) in [5.74, 6) is 0.161. The fourth-order valence-corrected chi connectivity index (χ4v) is 5.15. The Morgan fingerprint density at radius 1 is 1.11 bits per heavy atom. The number of amides is 1. The van der Waals surface area contributed by atoms with Crippen molar-refractivity contribution in [3.63, 3.8) is 0 Å². The number of hydrogen-bond donors (Lipinski definition) is 3. The second kappa shape index (κ2) is 9.27. The van der Waals surface area contributed by atoms with Gasteiger partial charge in [-0.2, -0.15) is 18.3 Å². The van der Waals surface area contributed by atoms with E-state index in [2.05, 4.69) is 25.6 Å². The van der Waals surface area contributed by atoms with Gasteiger partial charge in [0.2, 0.25) is 0 Å². The van der Waals surface area contributed by atoms with Gasteiger partial charge in [0.15, 0.2) is 5.65 Å². The Morgan fingerprint density at radius 3 is 2.57 bits per heavy atom. The van der Waals surface area contributed by atoms with E-state index in [1.54, 1.807) is 24.3 Å². The van der Waals surface area contributed by atoms with E-state index in [4.69, 9.17) is 10.8 Å². The minimum Gasteiger partial charge on any atom is -0.383 e. The zero-order chi connectivity index (χ0) is 25.0. The number of nitrogens with zero attached hydrogens (tertiary/aromatic N) is 5. The summed E-state index contributed by atoms with van der Waals surface area (Å²) < 4.78 is 40.7. The third kappa shape index (κ3) is 4.46. The summed E-state index contributed by atoms with van der Waals surface area (Å²) in [5.41, 5.74) is 7.37. The summed E-state index contributed by atoms with van der Waals surface area (Å²) in [6.07, 6.45) is -1.06. The maximum absolute atomic E-state index is 12.9. The summed E-state index contributed by atoms with van der Waals surface area (Å²) in [5, 5.41) is 11.5. The molecular formula is C24H22ClF3N8O. The standard InChI is InChI=1S/C24H21F3N8O.ClH/c25-24(26,27)17-2-1-3-18(32-17)33-23(36)14-6-4-13(5-7-14)20-19-21(28)30-11-31-22(19)35(34-20)16-9-12-8-15(16)29-10-12;/h1-7,11-12,15-16,29H,8-10H2,(H2,28,30,31)(H,32,33,36);1H. The number of nitrogen functional groups attached to an aromatic ring is 1. The van der Waals surface area contributed by atoms with E-state index < -0.39 is 17.8 Å². The smallest absolute Gasteiger partial charge is 0.383 e. The highest BCUT2D eigenvalue weighted by Gasteiger charge is 2.42. The second-order valence-corrected chi connectivity index (χ2v) is 9.11. The van der Waals surface area contributed by atoms with Crippen LogP contribution in [0.15, 0.2) is 48.8 Å². The first-order valence-electron chi connectivity index (χ1n) is 11.5. The molecule has 192 valence electrons. The first-order valence-corrected chi connectivity index (χ1v) is 11.5. The number of nitrogens with one attached hydrogen (secondary N) is 2. The molecule has 4 N–H and O–H groups in total. The molecule has 13 heteroatoms. The first kappa shape index (κ1) is 24.9. The number of alkyl halides is 3. The number of fused-ring (bicyclic) bond motifs is 3. The minimum atomic E-state index is -4.60. The van der Waals surface area contributed by atoms with E-state index >= 15 is 0 Å². The van der Waals surface area contributed by atoms with Crippen LogP contribution in [0.5, 0.6) is 0 Å². The first-order chi connectivity index (χ1) is 17.3. The molecule has 1 aromatic carbocycles. The van der Waals surface area contributed by atoms with Crippen LogP contribution in [0, 0.1) is 5.92 Å². The lowest BCUT2D eigenvalue weighted by atomic mass is 10.1. The number of aromatic nitrogens is 5. The van der Waals surface area contributed by atoms with Crippen LogP contribution in [0.2, 0.25) is 0 Å². The molecule has 2 fully saturated rings. The van der Waals surface area contributed by atoms with Gasteiger partial charge < -0.3 is 16.4 Å². The van der Waals surface area contributed by atoms with Crippen LogP contribution in [0.4, 0.5) is 24.8 Å². The molecule has 1 aliphatic heterocycles. The molecule has 0 spiro atoms. The number of nitrogens with two attached hydrogens (primary N) is 1. The fraction of sp³-hybridized carbons (Fsp3) is 0.292. The molecule has 37 heavy (non-hydrogen) atoms. The van der Waals surface area contributed by atoms with Crippen molar-refractivity contribution in [1.29, 1.82) is 0 Å². The van der Waals surface area contributed by atoms with Gasteiger partial charge in [0.25, 0.3) is 5.91 Å². The van der Waals surface area contributed by atoms with Crippen LogP contribution >= 0.6 is 12.4 Å². The molecule has 4 heterocycles. The third-order valence-electron chi connectivity index (χ3n) is 6.83. The van der Waals surface area contributed by atoms with Crippen molar-refractivity contribution in [2.24, 2.45) is 5.92 Å². The summed E-state index contributed by atoms with van der Waals surface area (Å²) in [6, 6.07) is 10.4. The van der Waals surface area contributed by atoms with E-state index in [-0.39, 0.29) is 29.8 Å². The lowest BCUT2D eigenvalue weighted by Gasteiger charge is -2.23. The molecule has 1 amide bonds. The number of rotatable bonds is 4. The Kier molecular flexibility index (Phi) is 6.24. The molecule has 9 nitrogen and oxygen atoms in total. The molecule has 3 atom stereocenters. The second-order valence-electron chi connectivity index (χ2n) is 9.11. The van der Waals surface area contributed by atoms with Crippen molar-refractivity contribution in [2.45, 2.75) is 31.1 Å². The van der Waals surface area contributed by atoms with Gasteiger partial charge in [-0.15, -0.1) is 12.4 Å². The van der Waals surface area contributed by atoms with Crippen molar-refractivity contribution < 1.29 is 18.0 Å². The normalized spacial score (nSPS) is 20.7. The van der Waals surface area contributed by atoms with Gasteiger partial charge in [0, 0.05) is 17.2 Å². The molecule has 2 aliphatic rings. The number of hydrogen-bond acceptors (Lipinski definition) is 7. The quantitative estimate of drug-likeness (QED) is 0.363. The molecule has 1 aliphatic carbocycles. The molecule has 3 aromatic heterocycles. The van der Waals surface area contributed by atoms with E-state index in [0.717, 1.165) is 25.5 Å². The summed E-state index contributed by atoms with van der Waals surface area (Å²) in [7, 11) is 0. The SMILES string of the molecule is Cl.Nc1ncnc2c1c(-c1ccc(C(=O)Nc3cccc(C(F)(F)F)n3)cc1)nn2C1CC2CNC1C2. The maximum Gasteiger partial charge on any atom is 0.433 e. The lowest BCUT2D eigenvalue weighted by Crippen LogP contribution is -2.35. The summed E-state index contributed by atoms with van der Waals surface area (Å²) in [6.45, 7) is 1.02. The van der Waals surface area contributed by atoms with Gasteiger partial charge in [-0.05, 0) is 49.6 Å². The predicted molar refractivity (Wildman–Crippen MR) is 133 cm³/mol. The Morgan fingerprint density at radius 2 is 1.89 bits per heavy atom. The molecule has 6 rings (SSSR count). The largest absolute Gasteiger partial charge is 0.433 e. The van der Waals surface area contributed by atoms with Gasteiger partial charge in [0.05, 0.1) is 11.4 Å². The van der Waals surface area contributed by atoms with E-state index in [1.807, 2.05) is 4.68 Å². The molecule has 3 unspecified atom stereocenters. The minimum absolute atomic E-state index is 0. The highest BCUT2D eigenvalue weighted by atomic mass is 35.5. The number of halogens is 4. The van der Waals surface area contributed by atoms with Crippen LogP contribution in [0.1, 0.15) is 34.9 Å². The van der Waals surface area contributed by atoms with Gasteiger partial charge in [-0.25, -0.2) is 19.6 Å². The van der Waals surface area contributed by atoms with Crippen LogP contribution in [0.3, 0.4) is 0 Å². The van der Waals surface area contributed by atoms with Crippen LogP contribution in [-0.4, -0.2) is 43.2 Å². The predicted octanol–water partition coefficient (Wildman–Crippen LogP) is 4.09. The average Bonchev–Trinajstić information content (AvgIpc) is 3.59. The monoisotopic (exact) mass is 530 g/mol. The van der Waals surface area contributed by atoms with Gasteiger partial charge in [-0.1, -0.05) is 18.2 Å². The van der Waals surface area contributed by atoms with Crippen molar-refractivity contribution >= 4 is 41.0 Å². The summed E-state index contributed by atoms with van der Waals surface area (Å²) in [4.78, 5) is 24.7. The number of carbonyl (C=O) groups excluding carboxylic acids is 1. The Bertz CT molecular complexity index is 1470. The van der Waals surface area contributed by atoms with E-state index in [9.17, 15) is 18.0 Å². The van der Waals surface area contributed by atoms with Crippen molar-refractivity contribution in [2.75, 3.05) is 17.6 Å². The van der Waals surface area contributed by atoms with Gasteiger partial charge >= 0.3 is 6.18 Å². The molecule has 1 saturated heterocycles. The van der Waals surface area contributed by atoms with E-state index in [0.29, 0.717) is 40.1 Å². The zero-order valence-corrected chi connectivity index (χ0v) is 20.1. The maximum atomic E-state index is 12.9. The molecule has 0 radical (unpaired) electrons. The third-order valence-corrected chi connectivity index (χ3v) is 6.83. The number of anilines is 2. The molecule has 4 aromatic rings. The van der Waals surface area contributed by atoms with Gasteiger partial charge in [0.1, 0.15) is 29.4 Å². The Labute approximate surface area is 215 Å². The van der Waals surface area contributed by atoms with Crippen LogP contribution in [0.25, 0.3) is 22.3 Å².